The molecule has 0 amide bonds. The summed E-state index contributed by atoms with van der Waals surface area (Å²) < 4.78 is 0. The van der Waals surface area contributed by atoms with E-state index in [-0.39, 0.29) is 0 Å². The fourth-order valence-corrected chi connectivity index (χ4v) is 2.52. The molecule has 1 N–H and O–H groups in total. The van der Waals surface area contributed by atoms with Crippen LogP contribution in [0.3, 0.4) is 0 Å². The maximum absolute atomic E-state index is 4.80. The molecule has 4 nitrogen and oxygen atoms in total. The average Bonchev–Trinajstić information content (AvgIpc) is 3.32. The lowest BCUT2D eigenvalue weighted by Crippen LogP contribution is -2.18. The van der Waals surface area contributed by atoms with Crippen molar-refractivity contribution >= 4 is 17.3 Å². The van der Waals surface area contributed by atoms with Crippen LogP contribution in [-0.4, -0.2) is 23.6 Å². The van der Waals surface area contributed by atoms with E-state index in [1.807, 2.05) is 13.1 Å². The number of benzene rings is 1. The molecule has 0 atom stereocenters. The molecule has 0 aliphatic heterocycles. The summed E-state index contributed by atoms with van der Waals surface area (Å²) in [6, 6.07) is 10.6. The minimum atomic E-state index is 0.549. The van der Waals surface area contributed by atoms with E-state index in [4.69, 9.17) is 4.98 Å². The molecule has 4 heteroatoms. The van der Waals surface area contributed by atoms with E-state index in [0.29, 0.717) is 5.92 Å². The molecule has 0 radical (unpaired) electrons. The number of nitrogens with zero attached hydrogens (tertiary/aromatic N) is 3. The van der Waals surface area contributed by atoms with E-state index in [1.54, 1.807) is 0 Å². The van der Waals surface area contributed by atoms with Crippen molar-refractivity contribution in [1.29, 1.82) is 0 Å². The van der Waals surface area contributed by atoms with E-state index >= 15 is 0 Å². The zero-order valence-corrected chi connectivity index (χ0v) is 12.9. The van der Waals surface area contributed by atoms with Crippen LogP contribution >= 0.6 is 0 Å². The Morgan fingerprint density at radius 2 is 2.05 bits per heavy atom. The van der Waals surface area contributed by atoms with Crippen molar-refractivity contribution in [3.8, 4) is 0 Å². The van der Waals surface area contributed by atoms with Crippen molar-refractivity contribution < 1.29 is 0 Å². The highest BCUT2D eigenvalue weighted by Gasteiger charge is 2.28. The van der Waals surface area contributed by atoms with E-state index in [2.05, 4.69) is 53.3 Å². The van der Waals surface area contributed by atoms with Crippen LogP contribution in [0, 0.1) is 6.92 Å². The SMILES string of the molecule is CCN(c1cccc(C)c1)c1cc(NC)nc(C2CC2)n1. The lowest BCUT2D eigenvalue weighted by atomic mass is 10.2. The van der Waals surface area contributed by atoms with Crippen molar-refractivity contribution in [1.82, 2.24) is 9.97 Å². The third kappa shape index (κ3) is 2.99. The fourth-order valence-electron chi connectivity index (χ4n) is 2.52. The van der Waals surface area contributed by atoms with Gasteiger partial charge in [0.15, 0.2) is 0 Å². The molecular formula is C17H22N4. The first-order valence-electron chi connectivity index (χ1n) is 7.62. The molecule has 1 aliphatic carbocycles. The van der Waals surface area contributed by atoms with Crippen LogP contribution in [0.4, 0.5) is 17.3 Å². The lowest BCUT2D eigenvalue weighted by Gasteiger charge is -2.23. The van der Waals surface area contributed by atoms with E-state index in [9.17, 15) is 0 Å². The van der Waals surface area contributed by atoms with Crippen LogP contribution < -0.4 is 10.2 Å². The largest absolute Gasteiger partial charge is 0.373 e. The zero-order valence-electron chi connectivity index (χ0n) is 12.9. The molecule has 0 spiro atoms. The molecule has 21 heavy (non-hydrogen) atoms. The molecule has 110 valence electrons. The summed E-state index contributed by atoms with van der Waals surface area (Å²) in [5.74, 6) is 3.40. The van der Waals surface area contributed by atoms with E-state index in [0.717, 1.165) is 24.0 Å². The minimum absolute atomic E-state index is 0.549. The molecule has 0 bridgehead atoms. The average molecular weight is 282 g/mol. The van der Waals surface area contributed by atoms with Gasteiger partial charge in [0, 0.05) is 31.3 Å². The summed E-state index contributed by atoms with van der Waals surface area (Å²) in [4.78, 5) is 11.6. The minimum Gasteiger partial charge on any atom is -0.373 e. The molecular weight excluding hydrogens is 260 g/mol. The Bertz CT molecular complexity index is 634. The topological polar surface area (TPSA) is 41.0 Å². The number of hydrogen-bond donors (Lipinski definition) is 1. The van der Waals surface area contributed by atoms with Crippen molar-refractivity contribution in [2.24, 2.45) is 0 Å². The highest BCUT2D eigenvalue weighted by atomic mass is 15.2. The molecule has 1 aromatic carbocycles. The van der Waals surface area contributed by atoms with Gasteiger partial charge in [-0.15, -0.1) is 0 Å². The standard InChI is InChI=1S/C17H22N4/c1-4-21(14-7-5-6-12(2)10-14)16-11-15(18-3)19-17(20-16)13-8-9-13/h5-7,10-11,13H,4,8-9H2,1-3H3,(H,18,19,20). The number of rotatable bonds is 5. The van der Waals surface area contributed by atoms with Gasteiger partial charge in [0.25, 0.3) is 0 Å². The summed E-state index contributed by atoms with van der Waals surface area (Å²) in [5, 5.41) is 3.15. The van der Waals surface area contributed by atoms with Gasteiger partial charge in [0.05, 0.1) is 0 Å². The molecule has 1 aromatic heterocycles. The fraction of sp³-hybridized carbons (Fsp3) is 0.412. The summed E-state index contributed by atoms with van der Waals surface area (Å²) in [6.07, 6.45) is 2.42. The number of hydrogen-bond acceptors (Lipinski definition) is 4. The van der Waals surface area contributed by atoms with Crippen LogP contribution in [0.1, 0.15) is 37.1 Å². The van der Waals surface area contributed by atoms with Crippen LogP contribution in [-0.2, 0) is 0 Å². The normalized spacial score (nSPS) is 14.0. The van der Waals surface area contributed by atoms with Crippen LogP contribution in [0.2, 0.25) is 0 Å². The van der Waals surface area contributed by atoms with Crippen LogP contribution in [0.15, 0.2) is 30.3 Å². The molecule has 1 heterocycles. The molecule has 1 saturated carbocycles. The smallest absolute Gasteiger partial charge is 0.138 e. The predicted molar refractivity (Wildman–Crippen MR) is 87.4 cm³/mol. The summed E-state index contributed by atoms with van der Waals surface area (Å²) in [6.45, 7) is 5.15. The van der Waals surface area contributed by atoms with Gasteiger partial charge < -0.3 is 10.2 Å². The number of anilines is 3. The quantitative estimate of drug-likeness (QED) is 0.904. The molecule has 3 rings (SSSR count). The second kappa shape index (κ2) is 5.72. The maximum atomic E-state index is 4.80. The Kier molecular flexibility index (Phi) is 3.78. The monoisotopic (exact) mass is 282 g/mol. The highest BCUT2D eigenvalue weighted by Crippen LogP contribution is 2.39. The van der Waals surface area contributed by atoms with E-state index < -0.39 is 0 Å². The van der Waals surface area contributed by atoms with E-state index in [1.165, 1.54) is 24.1 Å². The summed E-state index contributed by atoms with van der Waals surface area (Å²) >= 11 is 0. The molecule has 1 fully saturated rings. The highest BCUT2D eigenvalue weighted by molar-refractivity contribution is 5.63. The van der Waals surface area contributed by atoms with Crippen molar-refractivity contribution in [2.45, 2.75) is 32.6 Å². The van der Waals surface area contributed by atoms with Crippen molar-refractivity contribution in [2.75, 3.05) is 23.8 Å². The molecule has 1 aliphatic rings. The Labute approximate surface area is 126 Å². The predicted octanol–water partition coefficient (Wildman–Crippen LogP) is 3.86. The first kappa shape index (κ1) is 13.9. The third-order valence-electron chi connectivity index (χ3n) is 3.83. The first-order valence-corrected chi connectivity index (χ1v) is 7.62. The van der Waals surface area contributed by atoms with Crippen molar-refractivity contribution in [3.63, 3.8) is 0 Å². The first-order chi connectivity index (χ1) is 10.2. The second-order valence-corrected chi connectivity index (χ2v) is 5.58. The zero-order chi connectivity index (χ0) is 14.8. The number of aryl methyl sites for hydroxylation is 1. The van der Waals surface area contributed by atoms with Gasteiger partial charge in [-0.2, -0.15) is 0 Å². The Morgan fingerprint density at radius 3 is 2.67 bits per heavy atom. The van der Waals surface area contributed by atoms with Gasteiger partial charge in [0.2, 0.25) is 0 Å². The Morgan fingerprint density at radius 1 is 1.24 bits per heavy atom. The molecule has 0 saturated heterocycles. The Hall–Kier alpha value is -2.10. The van der Waals surface area contributed by atoms with Crippen molar-refractivity contribution in [3.05, 3.63) is 41.7 Å². The second-order valence-electron chi connectivity index (χ2n) is 5.58. The summed E-state index contributed by atoms with van der Waals surface area (Å²) in [5.41, 5.74) is 2.44. The molecule has 2 aromatic rings. The Balaban J connectivity index is 2.01. The van der Waals surface area contributed by atoms with Gasteiger partial charge in [-0.1, -0.05) is 12.1 Å². The number of nitrogens with one attached hydrogen (secondary N) is 1. The number of aromatic nitrogens is 2. The lowest BCUT2D eigenvalue weighted by molar-refractivity contribution is 0.896. The summed E-state index contributed by atoms with van der Waals surface area (Å²) in [7, 11) is 1.91. The van der Waals surface area contributed by atoms with Gasteiger partial charge in [0.1, 0.15) is 17.5 Å². The van der Waals surface area contributed by atoms with Gasteiger partial charge in [-0.25, -0.2) is 9.97 Å². The van der Waals surface area contributed by atoms with Crippen LogP contribution in [0.5, 0.6) is 0 Å². The third-order valence-corrected chi connectivity index (χ3v) is 3.83. The van der Waals surface area contributed by atoms with Crippen LogP contribution in [0.25, 0.3) is 0 Å². The van der Waals surface area contributed by atoms with Gasteiger partial charge >= 0.3 is 0 Å². The van der Waals surface area contributed by atoms with Gasteiger partial charge in [-0.05, 0) is 44.4 Å². The van der Waals surface area contributed by atoms with Gasteiger partial charge in [-0.3, -0.25) is 0 Å². The molecule has 0 unspecified atom stereocenters. The maximum Gasteiger partial charge on any atom is 0.138 e.